The largest absolute Gasteiger partial charge is 0.395 e. The van der Waals surface area contributed by atoms with E-state index in [9.17, 15) is 9.59 Å². The smallest absolute Gasteiger partial charge is 0.219 e. The van der Waals surface area contributed by atoms with Crippen molar-refractivity contribution >= 4 is 11.7 Å². The molecule has 0 saturated heterocycles. The van der Waals surface area contributed by atoms with Gasteiger partial charge in [0.2, 0.25) is 5.91 Å². The molecule has 0 saturated carbocycles. The molecule has 0 radical (unpaired) electrons. The van der Waals surface area contributed by atoms with Crippen LogP contribution in [0.25, 0.3) is 0 Å². The number of amides is 1. The van der Waals surface area contributed by atoms with Gasteiger partial charge in [-0.3, -0.25) is 9.59 Å². The molecule has 0 spiro atoms. The van der Waals surface area contributed by atoms with E-state index in [0.717, 1.165) is 38.1 Å². The number of hydrogen-bond donors (Lipinski definition) is 2. The molecule has 25 heavy (non-hydrogen) atoms. The van der Waals surface area contributed by atoms with E-state index in [1.165, 1.54) is 12.8 Å². The molecule has 0 rings (SSSR count). The lowest BCUT2D eigenvalue weighted by molar-refractivity contribution is -0.129. The highest BCUT2D eigenvalue weighted by molar-refractivity contribution is 5.82. The van der Waals surface area contributed by atoms with Crippen LogP contribution in [0, 0.1) is 11.3 Å². The van der Waals surface area contributed by atoms with Gasteiger partial charge in [0.25, 0.3) is 0 Å². The highest BCUT2D eigenvalue weighted by Crippen LogP contribution is 2.26. The number of carbonyl (C=O) groups excluding carboxylic acids is 2. The Bertz CT molecular complexity index is 300. The molecule has 4 heteroatoms. The minimum atomic E-state index is -0.458. The van der Waals surface area contributed by atoms with E-state index in [2.05, 4.69) is 19.2 Å². The van der Waals surface area contributed by atoms with Crippen LogP contribution >= 0.6 is 0 Å². The lowest BCUT2D eigenvalue weighted by atomic mass is 9.80. The summed E-state index contributed by atoms with van der Waals surface area (Å²) in [5, 5.41) is 11.9. The summed E-state index contributed by atoms with van der Waals surface area (Å²) in [4.78, 5) is 22.1. The molecular weight excluding hydrogens is 314 g/mol. The summed E-state index contributed by atoms with van der Waals surface area (Å²) in [5.74, 6) is 1.08. The van der Waals surface area contributed by atoms with Crippen LogP contribution in [0.4, 0.5) is 0 Å². The van der Waals surface area contributed by atoms with Crippen LogP contribution in [0.5, 0.6) is 0 Å². The van der Waals surface area contributed by atoms with Crippen LogP contribution in [0.3, 0.4) is 0 Å². The van der Waals surface area contributed by atoms with Crippen LogP contribution < -0.4 is 5.32 Å². The van der Waals surface area contributed by atoms with Gasteiger partial charge < -0.3 is 10.4 Å². The summed E-state index contributed by atoms with van der Waals surface area (Å²) in [7, 11) is 0. The maximum absolute atomic E-state index is 11.1. The van der Waals surface area contributed by atoms with Crippen molar-refractivity contribution in [3.8, 4) is 0 Å². The number of aliphatic hydroxyl groups is 1. The Morgan fingerprint density at radius 1 is 1.00 bits per heavy atom. The summed E-state index contributed by atoms with van der Waals surface area (Å²) in [6, 6.07) is 0. The zero-order valence-electron chi connectivity index (χ0n) is 18.2. The summed E-state index contributed by atoms with van der Waals surface area (Å²) >= 11 is 0. The molecule has 0 atom stereocenters. The Hall–Kier alpha value is -0.900. The van der Waals surface area contributed by atoms with E-state index in [0.29, 0.717) is 6.42 Å². The van der Waals surface area contributed by atoms with Crippen LogP contribution in [0.15, 0.2) is 0 Å². The number of rotatable bonds is 11. The monoisotopic (exact) mass is 359 g/mol. The first kappa shape index (κ1) is 28.9. The zero-order chi connectivity index (χ0) is 20.3. The Morgan fingerprint density at radius 2 is 1.48 bits per heavy atom. The Balaban J connectivity index is -0.000000362. The number of ketones is 1. The number of hydrogen-bond acceptors (Lipinski definition) is 3. The molecule has 0 bridgehead atoms. The molecule has 2 N–H and O–H groups in total. The third-order valence-electron chi connectivity index (χ3n) is 4.91. The molecule has 0 unspecified atom stereocenters. The van der Waals surface area contributed by atoms with Crippen LogP contribution in [0.2, 0.25) is 0 Å². The maximum atomic E-state index is 11.1. The molecule has 0 aromatic carbocycles. The number of nitrogens with one attached hydrogen (secondary N) is 1. The predicted octanol–water partition coefficient (Wildman–Crippen LogP) is 5.13. The van der Waals surface area contributed by atoms with Crippen molar-refractivity contribution in [3.05, 3.63) is 0 Å². The van der Waals surface area contributed by atoms with Gasteiger partial charge in [-0.25, -0.2) is 0 Å². The predicted molar refractivity (Wildman–Crippen MR) is 109 cm³/mol. The highest BCUT2D eigenvalue weighted by Gasteiger charge is 2.30. The van der Waals surface area contributed by atoms with Crippen molar-refractivity contribution < 1.29 is 14.7 Å². The summed E-state index contributed by atoms with van der Waals surface area (Å²) in [5.41, 5.74) is -0.458. The molecule has 4 nitrogen and oxygen atoms in total. The van der Waals surface area contributed by atoms with E-state index in [-0.39, 0.29) is 18.3 Å². The minimum Gasteiger partial charge on any atom is -0.395 e. The number of aliphatic hydroxyl groups excluding tert-OH is 1. The first-order chi connectivity index (χ1) is 11.9. The Kier molecular flexibility index (Phi) is 22.4. The van der Waals surface area contributed by atoms with Crippen molar-refractivity contribution in [1.82, 2.24) is 5.32 Å². The van der Waals surface area contributed by atoms with Gasteiger partial charge in [0.1, 0.15) is 5.78 Å². The third kappa shape index (κ3) is 14.0. The van der Waals surface area contributed by atoms with E-state index >= 15 is 0 Å². The summed E-state index contributed by atoms with van der Waals surface area (Å²) in [6.45, 7) is 16.7. The average molecular weight is 360 g/mol. The molecule has 0 aromatic heterocycles. The molecule has 1 amide bonds. The molecule has 0 aromatic rings. The molecule has 0 heterocycles. The van der Waals surface area contributed by atoms with Crippen LogP contribution in [0.1, 0.15) is 100 Å². The van der Waals surface area contributed by atoms with Gasteiger partial charge in [-0.15, -0.1) is 0 Å². The van der Waals surface area contributed by atoms with Crippen molar-refractivity contribution in [2.45, 2.75) is 100 Å². The van der Waals surface area contributed by atoms with E-state index < -0.39 is 5.41 Å². The van der Waals surface area contributed by atoms with Crippen LogP contribution in [-0.2, 0) is 9.59 Å². The highest BCUT2D eigenvalue weighted by atomic mass is 16.3. The fourth-order valence-corrected chi connectivity index (χ4v) is 2.51. The number of Topliss-reactive ketones (excluding diaryl/α,β-unsaturated/α-hetero) is 1. The van der Waals surface area contributed by atoms with Gasteiger partial charge in [0.05, 0.1) is 12.0 Å². The van der Waals surface area contributed by atoms with Crippen molar-refractivity contribution in [2.75, 3.05) is 13.2 Å². The van der Waals surface area contributed by atoms with Gasteiger partial charge in [-0.05, 0) is 38.5 Å². The molecule has 0 aliphatic heterocycles. The Morgan fingerprint density at radius 3 is 1.72 bits per heavy atom. The Labute approximate surface area is 157 Å². The SMILES string of the molecule is CC.CCC(CC)(CO)C(C)=O.CCCC(=O)NCCC(CC)CC. The van der Waals surface area contributed by atoms with E-state index in [4.69, 9.17) is 5.11 Å². The quantitative estimate of drug-likeness (QED) is 0.537. The first-order valence-corrected chi connectivity index (χ1v) is 10.3. The van der Waals surface area contributed by atoms with Gasteiger partial charge in [0.15, 0.2) is 0 Å². The molecule has 0 fully saturated rings. The lowest BCUT2D eigenvalue weighted by Gasteiger charge is -2.25. The summed E-state index contributed by atoms with van der Waals surface area (Å²) in [6.07, 6.45) is 6.65. The van der Waals surface area contributed by atoms with Crippen molar-refractivity contribution in [2.24, 2.45) is 11.3 Å². The summed E-state index contributed by atoms with van der Waals surface area (Å²) < 4.78 is 0. The van der Waals surface area contributed by atoms with Crippen LogP contribution in [-0.4, -0.2) is 29.9 Å². The van der Waals surface area contributed by atoms with E-state index in [1.54, 1.807) is 6.92 Å². The van der Waals surface area contributed by atoms with E-state index in [1.807, 2.05) is 34.6 Å². The first-order valence-electron chi connectivity index (χ1n) is 10.3. The van der Waals surface area contributed by atoms with Gasteiger partial charge in [-0.2, -0.15) is 0 Å². The molecule has 152 valence electrons. The fraction of sp³-hybridized carbons (Fsp3) is 0.905. The van der Waals surface area contributed by atoms with Crippen molar-refractivity contribution in [1.29, 1.82) is 0 Å². The molecule has 0 aliphatic carbocycles. The normalized spacial score (nSPS) is 10.3. The second-order valence-electron chi connectivity index (χ2n) is 6.27. The average Bonchev–Trinajstić information content (AvgIpc) is 2.63. The van der Waals surface area contributed by atoms with Gasteiger partial charge in [0, 0.05) is 13.0 Å². The minimum absolute atomic E-state index is 0.0185. The molecular formula is C21H45NO3. The second kappa shape index (κ2) is 19.4. The lowest BCUT2D eigenvalue weighted by Crippen LogP contribution is -2.31. The zero-order valence-corrected chi connectivity index (χ0v) is 18.2. The topological polar surface area (TPSA) is 66.4 Å². The van der Waals surface area contributed by atoms with Gasteiger partial charge >= 0.3 is 0 Å². The third-order valence-corrected chi connectivity index (χ3v) is 4.91. The van der Waals surface area contributed by atoms with Gasteiger partial charge in [-0.1, -0.05) is 61.3 Å². The standard InChI is InChI=1S/C11H23NO.C8H16O2.C2H6/c1-4-7-11(13)12-9-8-10(5-2)6-3;1-4-8(5-2,6-9)7(3)10;1-2/h10H,4-9H2,1-3H3,(H,12,13);9H,4-6H2,1-3H3;1-2H3. The number of carbonyl (C=O) groups is 2. The van der Waals surface area contributed by atoms with Crippen molar-refractivity contribution in [3.63, 3.8) is 0 Å². The maximum Gasteiger partial charge on any atom is 0.219 e. The molecule has 0 aliphatic rings. The second-order valence-corrected chi connectivity index (χ2v) is 6.27. The fourth-order valence-electron chi connectivity index (χ4n) is 2.51.